The maximum Gasteiger partial charge on any atom is 0.127 e. The molecular weight excluding hydrogens is 227 g/mol. The fourth-order valence-corrected chi connectivity index (χ4v) is 2.34. The molecule has 2 atom stereocenters. The van der Waals surface area contributed by atoms with Gasteiger partial charge < -0.3 is 0 Å². The molecule has 1 aliphatic heterocycles. The first-order valence-electron chi connectivity index (χ1n) is 5.60. The third-order valence-electron chi connectivity index (χ3n) is 2.98. The summed E-state index contributed by atoms with van der Waals surface area (Å²) in [6.45, 7) is 2.13. The van der Waals surface area contributed by atoms with E-state index in [9.17, 15) is 4.39 Å². The molecule has 16 heavy (non-hydrogen) atoms. The Morgan fingerprint density at radius 2 is 2.25 bits per heavy atom. The summed E-state index contributed by atoms with van der Waals surface area (Å²) in [7, 11) is 0. The van der Waals surface area contributed by atoms with Crippen molar-refractivity contribution >= 4 is 11.6 Å². The fraction of sp³-hybridized carbons (Fsp3) is 0.500. The smallest absolute Gasteiger partial charge is 0.127 e. The normalized spacial score (nSPS) is 24.9. The van der Waals surface area contributed by atoms with E-state index >= 15 is 0 Å². The second-order valence-corrected chi connectivity index (χ2v) is 4.77. The van der Waals surface area contributed by atoms with E-state index in [2.05, 4.69) is 17.8 Å². The zero-order valence-electron chi connectivity index (χ0n) is 9.26. The Kier molecular flexibility index (Phi) is 3.79. The Bertz CT molecular complexity index is 350. The predicted octanol–water partition coefficient (Wildman–Crippen LogP) is 2.67. The van der Waals surface area contributed by atoms with Crippen LogP contribution in [0.2, 0.25) is 5.02 Å². The van der Waals surface area contributed by atoms with Gasteiger partial charge in [-0.25, -0.2) is 4.39 Å². The summed E-state index contributed by atoms with van der Waals surface area (Å²) >= 11 is 5.97. The van der Waals surface area contributed by atoms with Crippen LogP contribution in [0.3, 0.4) is 0 Å². The lowest BCUT2D eigenvalue weighted by molar-refractivity contribution is 0.510. The average Bonchev–Trinajstić information content (AvgIpc) is 2.63. The molecule has 0 bridgehead atoms. The highest BCUT2D eigenvalue weighted by atomic mass is 35.5. The quantitative estimate of drug-likeness (QED) is 0.852. The van der Waals surface area contributed by atoms with E-state index in [1.165, 1.54) is 6.07 Å². The summed E-state index contributed by atoms with van der Waals surface area (Å²) in [4.78, 5) is 0. The van der Waals surface area contributed by atoms with Crippen LogP contribution in [0, 0.1) is 5.82 Å². The van der Waals surface area contributed by atoms with E-state index in [1.54, 1.807) is 12.1 Å². The molecule has 1 aromatic rings. The molecule has 1 heterocycles. The van der Waals surface area contributed by atoms with Gasteiger partial charge in [0.25, 0.3) is 0 Å². The van der Waals surface area contributed by atoms with Crippen LogP contribution in [0.1, 0.15) is 25.3 Å². The van der Waals surface area contributed by atoms with Crippen LogP contribution in [0.5, 0.6) is 0 Å². The van der Waals surface area contributed by atoms with Crippen LogP contribution in [-0.4, -0.2) is 12.1 Å². The van der Waals surface area contributed by atoms with Crippen molar-refractivity contribution in [3.8, 4) is 0 Å². The Hall–Kier alpha value is -0.640. The van der Waals surface area contributed by atoms with Crippen LogP contribution in [0.25, 0.3) is 0 Å². The summed E-state index contributed by atoms with van der Waals surface area (Å²) in [5, 5.41) is 0.527. The van der Waals surface area contributed by atoms with E-state index in [0.717, 1.165) is 12.8 Å². The summed E-state index contributed by atoms with van der Waals surface area (Å²) < 4.78 is 13.5. The van der Waals surface area contributed by atoms with Crippen LogP contribution in [0.15, 0.2) is 18.2 Å². The molecule has 0 aliphatic carbocycles. The van der Waals surface area contributed by atoms with Gasteiger partial charge in [-0.15, -0.1) is 0 Å². The molecule has 1 saturated heterocycles. The number of rotatable bonds is 3. The summed E-state index contributed by atoms with van der Waals surface area (Å²) in [5.74, 6) is -0.202. The molecule has 0 radical (unpaired) electrons. The van der Waals surface area contributed by atoms with Gasteiger partial charge in [0.2, 0.25) is 0 Å². The standard InChI is InChI=1S/C12H16ClFN2/c1-8-7-9(16-15-8)5-6-10-11(13)3-2-4-12(10)14/h2-4,8-9,15-16H,5-7H2,1H3. The van der Waals surface area contributed by atoms with E-state index in [-0.39, 0.29) is 5.82 Å². The fourth-order valence-electron chi connectivity index (χ4n) is 2.08. The Morgan fingerprint density at radius 1 is 1.44 bits per heavy atom. The third kappa shape index (κ3) is 2.73. The van der Waals surface area contributed by atoms with E-state index in [1.807, 2.05) is 0 Å². The highest BCUT2D eigenvalue weighted by Crippen LogP contribution is 2.22. The highest BCUT2D eigenvalue weighted by Gasteiger charge is 2.20. The molecule has 2 rings (SSSR count). The van der Waals surface area contributed by atoms with Gasteiger partial charge >= 0.3 is 0 Å². The van der Waals surface area contributed by atoms with Crippen LogP contribution >= 0.6 is 11.6 Å². The highest BCUT2D eigenvalue weighted by molar-refractivity contribution is 6.31. The molecule has 0 amide bonds. The molecule has 2 N–H and O–H groups in total. The van der Waals surface area contributed by atoms with Gasteiger partial charge in [0.05, 0.1) is 0 Å². The van der Waals surface area contributed by atoms with Crippen molar-refractivity contribution in [2.24, 2.45) is 0 Å². The van der Waals surface area contributed by atoms with Crippen molar-refractivity contribution in [1.82, 2.24) is 10.9 Å². The topological polar surface area (TPSA) is 24.1 Å². The lowest BCUT2D eigenvalue weighted by Crippen LogP contribution is -2.32. The van der Waals surface area contributed by atoms with Gasteiger partial charge in [-0.1, -0.05) is 17.7 Å². The second kappa shape index (κ2) is 5.13. The predicted molar refractivity (Wildman–Crippen MR) is 63.9 cm³/mol. The summed E-state index contributed by atoms with van der Waals surface area (Å²) in [6, 6.07) is 5.73. The number of hydrogen-bond acceptors (Lipinski definition) is 2. The van der Waals surface area contributed by atoms with Crippen LogP contribution in [0.4, 0.5) is 4.39 Å². The second-order valence-electron chi connectivity index (χ2n) is 4.36. The molecule has 4 heteroatoms. The largest absolute Gasteiger partial charge is 0.255 e. The first kappa shape index (κ1) is 11.8. The zero-order valence-corrected chi connectivity index (χ0v) is 10.0. The van der Waals surface area contributed by atoms with E-state index in [4.69, 9.17) is 11.6 Å². The minimum Gasteiger partial charge on any atom is -0.255 e. The van der Waals surface area contributed by atoms with Crippen molar-refractivity contribution in [2.45, 2.75) is 38.3 Å². The number of hydrazine groups is 1. The van der Waals surface area contributed by atoms with Gasteiger partial charge in [-0.05, 0) is 38.3 Å². The minimum absolute atomic E-state index is 0.202. The molecule has 2 unspecified atom stereocenters. The first-order valence-corrected chi connectivity index (χ1v) is 5.98. The van der Waals surface area contributed by atoms with Crippen molar-refractivity contribution < 1.29 is 4.39 Å². The molecule has 1 aromatic carbocycles. The molecular formula is C12H16ClFN2. The minimum atomic E-state index is -0.202. The Balaban J connectivity index is 1.94. The van der Waals surface area contributed by atoms with Gasteiger partial charge in [0, 0.05) is 22.7 Å². The molecule has 0 saturated carbocycles. The van der Waals surface area contributed by atoms with Crippen molar-refractivity contribution in [1.29, 1.82) is 0 Å². The van der Waals surface area contributed by atoms with Crippen molar-refractivity contribution in [2.75, 3.05) is 0 Å². The number of hydrogen-bond donors (Lipinski definition) is 2. The third-order valence-corrected chi connectivity index (χ3v) is 3.33. The molecule has 88 valence electrons. The molecule has 0 spiro atoms. The SMILES string of the molecule is CC1CC(CCc2c(F)cccc2Cl)NN1. The molecule has 2 nitrogen and oxygen atoms in total. The zero-order chi connectivity index (χ0) is 11.5. The average molecular weight is 243 g/mol. The van der Waals surface area contributed by atoms with Gasteiger partial charge in [0.1, 0.15) is 5.82 Å². The van der Waals surface area contributed by atoms with Crippen LogP contribution < -0.4 is 10.9 Å². The van der Waals surface area contributed by atoms with Crippen molar-refractivity contribution in [3.63, 3.8) is 0 Å². The number of nitrogens with one attached hydrogen (secondary N) is 2. The summed E-state index contributed by atoms with van der Waals surface area (Å²) in [5.41, 5.74) is 6.99. The van der Waals surface area contributed by atoms with Gasteiger partial charge in [0.15, 0.2) is 0 Å². The maximum atomic E-state index is 13.5. The number of benzene rings is 1. The van der Waals surface area contributed by atoms with Gasteiger partial charge in [-0.3, -0.25) is 10.9 Å². The lowest BCUT2D eigenvalue weighted by Gasteiger charge is -2.10. The van der Waals surface area contributed by atoms with Crippen molar-refractivity contribution in [3.05, 3.63) is 34.6 Å². The maximum absolute atomic E-state index is 13.5. The van der Waals surface area contributed by atoms with E-state index < -0.39 is 0 Å². The number of halogens is 2. The monoisotopic (exact) mass is 242 g/mol. The molecule has 1 aliphatic rings. The molecule has 0 aromatic heterocycles. The van der Waals surface area contributed by atoms with Gasteiger partial charge in [-0.2, -0.15) is 0 Å². The Labute approximate surface area is 100 Å². The van der Waals surface area contributed by atoms with Crippen LogP contribution in [-0.2, 0) is 6.42 Å². The van der Waals surface area contributed by atoms with E-state index in [0.29, 0.717) is 29.1 Å². The Morgan fingerprint density at radius 3 is 2.88 bits per heavy atom. The lowest BCUT2D eigenvalue weighted by atomic mass is 10.0. The summed E-state index contributed by atoms with van der Waals surface area (Å²) in [6.07, 6.45) is 2.65. The first-order chi connectivity index (χ1) is 7.66. The molecule has 1 fully saturated rings.